The van der Waals surface area contributed by atoms with Gasteiger partial charge in [0.2, 0.25) is 10.0 Å². The van der Waals surface area contributed by atoms with Gasteiger partial charge >= 0.3 is 0 Å². The van der Waals surface area contributed by atoms with Crippen molar-refractivity contribution in [1.82, 2.24) is 0 Å². The second kappa shape index (κ2) is 9.65. The van der Waals surface area contributed by atoms with Gasteiger partial charge in [-0.3, -0.25) is 4.72 Å². The summed E-state index contributed by atoms with van der Waals surface area (Å²) in [6.45, 7) is 10.3. The molecule has 5 nitrogen and oxygen atoms in total. The molecule has 0 saturated carbocycles. The van der Waals surface area contributed by atoms with Crippen molar-refractivity contribution in [2.24, 2.45) is 0 Å². The Hall–Kier alpha value is -2.21. The topological polar surface area (TPSA) is 61.4 Å². The van der Waals surface area contributed by atoms with Crippen LogP contribution in [0.5, 0.6) is 0 Å². The molecule has 0 saturated heterocycles. The second-order valence-electron chi connectivity index (χ2n) is 6.65. The Morgan fingerprint density at radius 3 is 2.11 bits per heavy atom. The number of sulfonamides is 1. The predicted octanol–water partition coefficient (Wildman–Crippen LogP) is 5.13. The molecular weight excluding hydrogens is 358 g/mol. The van der Waals surface area contributed by atoms with Crippen LogP contribution in [0.25, 0.3) is 0 Å². The first-order valence-electron chi connectivity index (χ1n) is 9.61. The molecule has 0 radical (unpaired) electrons. The number of rotatable bonds is 10. The van der Waals surface area contributed by atoms with Crippen molar-refractivity contribution in [2.75, 3.05) is 33.8 Å². The molecule has 2 aromatic carbocycles. The van der Waals surface area contributed by atoms with Gasteiger partial charge < -0.3 is 10.2 Å². The van der Waals surface area contributed by atoms with Gasteiger partial charge in [-0.1, -0.05) is 13.3 Å². The number of hydrogen-bond acceptors (Lipinski definition) is 4. The summed E-state index contributed by atoms with van der Waals surface area (Å²) in [6, 6.07) is 13.7. The van der Waals surface area contributed by atoms with Crippen LogP contribution in [0.1, 0.15) is 39.2 Å². The third kappa shape index (κ3) is 6.17. The Labute approximate surface area is 163 Å². The molecule has 0 aliphatic heterocycles. The van der Waals surface area contributed by atoms with E-state index in [4.69, 9.17) is 0 Å². The maximum Gasteiger partial charge on any atom is 0.232 e. The molecule has 0 heterocycles. The molecular formula is C21H31N3O2S. The van der Waals surface area contributed by atoms with Crippen LogP contribution in [0, 0.1) is 6.92 Å². The van der Waals surface area contributed by atoms with E-state index in [1.807, 2.05) is 19.1 Å². The van der Waals surface area contributed by atoms with E-state index >= 15 is 0 Å². The van der Waals surface area contributed by atoms with Gasteiger partial charge in [0.25, 0.3) is 0 Å². The lowest BCUT2D eigenvalue weighted by atomic mass is 10.1. The second-order valence-corrected chi connectivity index (χ2v) is 8.49. The lowest BCUT2D eigenvalue weighted by Crippen LogP contribution is -2.21. The third-order valence-electron chi connectivity index (χ3n) is 4.54. The number of nitrogens with one attached hydrogen (secondary N) is 2. The lowest BCUT2D eigenvalue weighted by Gasteiger charge is -2.22. The molecule has 0 bridgehead atoms. The van der Waals surface area contributed by atoms with Crippen LogP contribution in [-0.4, -0.2) is 27.3 Å². The Balaban J connectivity index is 2.06. The first-order valence-corrected chi connectivity index (χ1v) is 11.3. The SMILES string of the molecule is CCCCS(=O)(=O)Nc1ccc(Nc2ccc(N(CC)CC)cc2C)cc1. The van der Waals surface area contributed by atoms with E-state index < -0.39 is 10.0 Å². The zero-order valence-corrected chi connectivity index (χ0v) is 17.6. The zero-order valence-electron chi connectivity index (χ0n) is 16.7. The average Bonchev–Trinajstić information content (AvgIpc) is 2.64. The third-order valence-corrected chi connectivity index (χ3v) is 5.92. The van der Waals surface area contributed by atoms with Crippen LogP contribution in [0.3, 0.4) is 0 Å². The highest BCUT2D eigenvalue weighted by Crippen LogP contribution is 2.26. The first kappa shape index (κ1) is 21.1. The van der Waals surface area contributed by atoms with Crippen molar-refractivity contribution in [3.05, 3.63) is 48.0 Å². The number of hydrogen-bond donors (Lipinski definition) is 2. The number of unbranched alkanes of at least 4 members (excludes halogenated alkanes) is 1. The van der Waals surface area contributed by atoms with E-state index in [9.17, 15) is 8.42 Å². The molecule has 148 valence electrons. The minimum absolute atomic E-state index is 0.154. The number of nitrogens with zero attached hydrogens (tertiary/aromatic N) is 1. The first-order chi connectivity index (χ1) is 12.9. The molecule has 0 atom stereocenters. The molecule has 2 aromatic rings. The standard InChI is InChI=1S/C21H31N3O2S/c1-5-8-15-27(25,26)23-19-11-9-18(10-12-19)22-21-14-13-20(16-17(21)4)24(6-2)7-3/h9-14,16,22-23H,5-8,15H2,1-4H3. The molecule has 27 heavy (non-hydrogen) atoms. The Bertz CT molecular complexity index is 829. The lowest BCUT2D eigenvalue weighted by molar-refractivity contribution is 0.598. The molecule has 2 N–H and O–H groups in total. The van der Waals surface area contributed by atoms with Crippen molar-refractivity contribution in [3.63, 3.8) is 0 Å². The zero-order chi connectivity index (χ0) is 19.9. The average molecular weight is 390 g/mol. The van der Waals surface area contributed by atoms with E-state index in [2.05, 4.69) is 53.9 Å². The van der Waals surface area contributed by atoms with Gasteiger partial charge in [-0.25, -0.2) is 8.42 Å². The van der Waals surface area contributed by atoms with E-state index in [-0.39, 0.29) is 5.75 Å². The quantitative estimate of drug-likeness (QED) is 0.591. The van der Waals surface area contributed by atoms with Gasteiger partial charge in [-0.05, 0) is 75.2 Å². The van der Waals surface area contributed by atoms with Crippen LogP contribution in [0.4, 0.5) is 22.7 Å². The minimum atomic E-state index is -3.27. The molecule has 0 amide bonds. The molecule has 6 heteroatoms. The predicted molar refractivity (Wildman–Crippen MR) is 117 cm³/mol. The summed E-state index contributed by atoms with van der Waals surface area (Å²) in [5.74, 6) is 0.154. The largest absolute Gasteiger partial charge is 0.372 e. The van der Waals surface area contributed by atoms with Crippen LogP contribution in [0.15, 0.2) is 42.5 Å². The van der Waals surface area contributed by atoms with Crippen molar-refractivity contribution < 1.29 is 8.42 Å². The van der Waals surface area contributed by atoms with Crippen molar-refractivity contribution in [3.8, 4) is 0 Å². The van der Waals surface area contributed by atoms with Crippen molar-refractivity contribution in [2.45, 2.75) is 40.5 Å². The fourth-order valence-corrected chi connectivity index (χ4v) is 4.18. The minimum Gasteiger partial charge on any atom is -0.372 e. The summed E-state index contributed by atoms with van der Waals surface area (Å²) >= 11 is 0. The van der Waals surface area contributed by atoms with E-state index in [0.717, 1.165) is 30.9 Å². The summed E-state index contributed by atoms with van der Waals surface area (Å²) in [5.41, 5.74) is 4.95. The van der Waals surface area contributed by atoms with Crippen LogP contribution in [0.2, 0.25) is 0 Å². The van der Waals surface area contributed by atoms with Gasteiger partial charge in [0, 0.05) is 35.8 Å². The molecule has 2 rings (SSSR count). The molecule has 0 aliphatic carbocycles. The highest BCUT2D eigenvalue weighted by Gasteiger charge is 2.10. The highest BCUT2D eigenvalue weighted by molar-refractivity contribution is 7.92. The number of aryl methyl sites for hydroxylation is 1. The Kier molecular flexibility index (Phi) is 7.54. The van der Waals surface area contributed by atoms with Crippen LogP contribution >= 0.6 is 0 Å². The fraction of sp³-hybridized carbons (Fsp3) is 0.429. The summed E-state index contributed by atoms with van der Waals surface area (Å²) in [4.78, 5) is 2.32. The molecule has 0 aliphatic rings. The summed E-state index contributed by atoms with van der Waals surface area (Å²) in [7, 11) is -3.27. The van der Waals surface area contributed by atoms with Gasteiger partial charge in [0.15, 0.2) is 0 Å². The monoisotopic (exact) mass is 389 g/mol. The van der Waals surface area contributed by atoms with Crippen LogP contribution < -0.4 is 14.9 Å². The maximum atomic E-state index is 12.0. The summed E-state index contributed by atoms with van der Waals surface area (Å²) < 4.78 is 26.6. The van der Waals surface area contributed by atoms with Crippen LogP contribution in [-0.2, 0) is 10.0 Å². The molecule has 0 unspecified atom stereocenters. The summed E-state index contributed by atoms with van der Waals surface area (Å²) in [5, 5.41) is 3.40. The highest BCUT2D eigenvalue weighted by atomic mass is 32.2. The Morgan fingerprint density at radius 2 is 1.56 bits per heavy atom. The fourth-order valence-electron chi connectivity index (χ4n) is 2.92. The molecule has 0 fully saturated rings. The smallest absolute Gasteiger partial charge is 0.232 e. The molecule has 0 spiro atoms. The van der Waals surface area contributed by atoms with E-state index in [0.29, 0.717) is 12.1 Å². The van der Waals surface area contributed by atoms with E-state index in [1.54, 1.807) is 12.1 Å². The number of benzene rings is 2. The van der Waals surface area contributed by atoms with E-state index in [1.165, 1.54) is 11.3 Å². The maximum absolute atomic E-state index is 12.0. The van der Waals surface area contributed by atoms with Crippen molar-refractivity contribution >= 4 is 32.8 Å². The summed E-state index contributed by atoms with van der Waals surface area (Å²) in [6.07, 6.45) is 1.52. The van der Waals surface area contributed by atoms with Gasteiger partial charge in [0.05, 0.1) is 5.75 Å². The van der Waals surface area contributed by atoms with Gasteiger partial charge in [-0.2, -0.15) is 0 Å². The normalized spacial score (nSPS) is 11.3. The number of anilines is 4. The molecule has 0 aromatic heterocycles. The van der Waals surface area contributed by atoms with Crippen molar-refractivity contribution in [1.29, 1.82) is 0 Å². The Morgan fingerprint density at radius 1 is 0.926 bits per heavy atom. The van der Waals surface area contributed by atoms with Gasteiger partial charge in [-0.15, -0.1) is 0 Å². The van der Waals surface area contributed by atoms with Gasteiger partial charge in [0.1, 0.15) is 0 Å².